The number of carbonyl (C=O) groups is 2. The van der Waals surface area contributed by atoms with E-state index >= 15 is 0 Å². The van der Waals surface area contributed by atoms with Crippen LogP contribution in [0.4, 0.5) is 18.0 Å². The molecule has 4 fully saturated rings. The van der Waals surface area contributed by atoms with E-state index in [0.717, 1.165) is 95.2 Å². The van der Waals surface area contributed by atoms with Gasteiger partial charge in [0.25, 0.3) is 0 Å². The highest BCUT2D eigenvalue weighted by molar-refractivity contribution is 5.79. The highest BCUT2D eigenvalue weighted by Crippen LogP contribution is 2.37. The van der Waals surface area contributed by atoms with Gasteiger partial charge >= 0.3 is 12.3 Å². The van der Waals surface area contributed by atoms with Crippen molar-refractivity contribution in [3.8, 4) is 0 Å². The number of ether oxygens (including phenoxy) is 1. The second-order valence-corrected chi connectivity index (χ2v) is 11.8. The van der Waals surface area contributed by atoms with E-state index in [1.807, 2.05) is 9.80 Å². The zero-order valence-electron chi connectivity index (χ0n) is 21.9. The first-order valence-corrected chi connectivity index (χ1v) is 14.0. The molecule has 0 aromatic heterocycles. The van der Waals surface area contributed by atoms with Gasteiger partial charge in [0.15, 0.2) is 0 Å². The number of amides is 2. The number of hydrogen-bond acceptors (Lipinski definition) is 5. The molecule has 0 bridgehead atoms. The number of nitrogens with zero attached hydrogens (tertiary/aromatic N) is 3. The third kappa shape index (κ3) is 6.28. The lowest BCUT2D eigenvalue weighted by Gasteiger charge is -2.38. The molecule has 210 valence electrons. The van der Waals surface area contributed by atoms with Crippen LogP contribution in [0.2, 0.25) is 0 Å². The Bertz CT molecular complexity index is 978. The predicted molar refractivity (Wildman–Crippen MR) is 136 cm³/mol. The van der Waals surface area contributed by atoms with Gasteiger partial charge in [0, 0.05) is 64.1 Å². The van der Waals surface area contributed by atoms with Gasteiger partial charge in [-0.2, -0.15) is 13.2 Å². The number of alkyl halides is 3. The second-order valence-electron chi connectivity index (χ2n) is 11.8. The van der Waals surface area contributed by atoms with Crippen LogP contribution in [0, 0.1) is 11.8 Å². The third-order valence-corrected chi connectivity index (χ3v) is 9.02. The Hall–Kier alpha value is -2.33. The summed E-state index contributed by atoms with van der Waals surface area (Å²) in [5, 5.41) is 0. The molecular formula is C28H39F3N4O3. The zero-order chi connectivity index (χ0) is 26.9. The smallest absolute Gasteiger partial charge is 0.416 e. The van der Waals surface area contributed by atoms with Crippen molar-refractivity contribution in [3.05, 3.63) is 35.4 Å². The molecule has 38 heavy (non-hydrogen) atoms. The molecule has 2 amide bonds. The molecule has 1 spiro atoms. The first-order valence-electron chi connectivity index (χ1n) is 14.0. The molecule has 0 unspecified atom stereocenters. The second kappa shape index (κ2) is 11.0. The number of likely N-dealkylation sites (tertiary alicyclic amines) is 2. The number of benzene rings is 1. The molecule has 2 N–H and O–H groups in total. The van der Waals surface area contributed by atoms with Crippen molar-refractivity contribution < 1.29 is 27.5 Å². The zero-order valence-corrected chi connectivity index (χ0v) is 21.9. The molecule has 1 saturated carbocycles. The molecule has 4 aliphatic rings. The Morgan fingerprint density at radius 2 is 1.61 bits per heavy atom. The van der Waals surface area contributed by atoms with Crippen molar-refractivity contribution in [3.63, 3.8) is 0 Å². The first kappa shape index (κ1) is 27.2. The lowest BCUT2D eigenvalue weighted by atomic mass is 9.80. The molecule has 0 atom stereocenters. The Morgan fingerprint density at radius 3 is 2.21 bits per heavy atom. The summed E-state index contributed by atoms with van der Waals surface area (Å²) in [6.45, 7) is 4.85. The Morgan fingerprint density at radius 1 is 0.974 bits per heavy atom. The lowest BCUT2D eigenvalue weighted by molar-refractivity contribution is -0.138. The molecule has 10 heteroatoms. The summed E-state index contributed by atoms with van der Waals surface area (Å²) in [5.74, 6) is 0.751. The van der Waals surface area contributed by atoms with Crippen LogP contribution in [0.5, 0.6) is 0 Å². The largest absolute Gasteiger partial charge is 0.441 e. The molecule has 7 nitrogen and oxygen atoms in total. The highest BCUT2D eigenvalue weighted by Gasteiger charge is 2.47. The summed E-state index contributed by atoms with van der Waals surface area (Å²) in [6.07, 6.45) is 2.27. The molecule has 3 saturated heterocycles. The van der Waals surface area contributed by atoms with E-state index in [-0.39, 0.29) is 24.0 Å². The van der Waals surface area contributed by atoms with E-state index in [0.29, 0.717) is 25.6 Å². The summed E-state index contributed by atoms with van der Waals surface area (Å²) in [6, 6.07) is 5.54. The molecule has 3 heterocycles. The van der Waals surface area contributed by atoms with E-state index in [9.17, 15) is 22.8 Å². The van der Waals surface area contributed by atoms with Gasteiger partial charge in [-0.05, 0) is 62.1 Å². The molecule has 1 aromatic carbocycles. The Kier molecular flexibility index (Phi) is 7.91. The van der Waals surface area contributed by atoms with Gasteiger partial charge in [-0.3, -0.25) is 9.69 Å². The van der Waals surface area contributed by atoms with Crippen LogP contribution < -0.4 is 5.73 Å². The van der Waals surface area contributed by atoms with Gasteiger partial charge in [-0.1, -0.05) is 12.1 Å². The summed E-state index contributed by atoms with van der Waals surface area (Å²) < 4.78 is 44.4. The fraction of sp³-hybridized carbons (Fsp3) is 0.714. The van der Waals surface area contributed by atoms with Crippen LogP contribution >= 0.6 is 0 Å². The lowest BCUT2D eigenvalue weighted by Crippen LogP contribution is -2.47. The topological polar surface area (TPSA) is 79.1 Å². The summed E-state index contributed by atoms with van der Waals surface area (Å²) >= 11 is 0. The van der Waals surface area contributed by atoms with Crippen LogP contribution in [0.15, 0.2) is 24.3 Å². The third-order valence-electron chi connectivity index (χ3n) is 9.02. The van der Waals surface area contributed by atoms with E-state index in [1.54, 1.807) is 0 Å². The number of carbonyl (C=O) groups excluding carboxylic acids is 2. The minimum Gasteiger partial charge on any atom is -0.441 e. The van der Waals surface area contributed by atoms with E-state index < -0.39 is 17.3 Å². The van der Waals surface area contributed by atoms with Crippen molar-refractivity contribution in [2.24, 2.45) is 17.6 Å². The monoisotopic (exact) mass is 536 g/mol. The summed E-state index contributed by atoms with van der Waals surface area (Å²) in [4.78, 5) is 31.7. The van der Waals surface area contributed by atoms with Crippen molar-refractivity contribution in [1.29, 1.82) is 0 Å². The minimum absolute atomic E-state index is 0.0893. The van der Waals surface area contributed by atoms with Crippen LogP contribution in [-0.4, -0.2) is 77.6 Å². The standard InChI is InChI=1S/C28H39F3N4O3/c29-28(30,31)23-7-3-20(4-8-23)17-33-15-11-27(12-16-33)19-35(26(37)38-27)18-21-1-5-22(6-2-21)25(36)34-13-9-24(32)10-14-34/h3-4,7-8,21-22,24H,1-2,5-6,9-19,32H2/t21-,22-. The van der Waals surface area contributed by atoms with Crippen LogP contribution in [0.25, 0.3) is 0 Å². The van der Waals surface area contributed by atoms with Crippen molar-refractivity contribution in [2.75, 3.05) is 39.3 Å². The van der Waals surface area contributed by atoms with Crippen LogP contribution in [0.3, 0.4) is 0 Å². The van der Waals surface area contributed by atoms with E-state index in [4.69, 9.17) is 10.5 Å². The van der Waals surface area contributed by atoms with E-state index in [2.05, 4.69) is 4.90 Å². The Balaban J connectivity index is 1.05. The summed E-state index contributed by atoms with van der Waals surface area (Å²) in [7, 11) is 0. The van der Waals surface area contributed by atoms with Gasteiger partial charge in [-0.15, -0.1) is 0 Å². The van der Waals surface area contributed by atoms with Crippen molar-refractivity contribution in [2.45, 2.75) is 75.7 Å². The fourth-order valence-corrected chi connectivity index (χ4v) is 6.55. The number of rotatable bonds is 5. The van der Waals surface area contributed by atoms with Gasteiger partial charge in [0.05, 0.1) is 12.1 Å². The SMILES string of the molecule is NC1CCN(C(=O)[C@H]2CC[C@H](CN3CC4(CCN(Cc5ccc(C(F)(F)F)cc5)CC4)OC3=O)CC2)CC1. The maximum Gasteiger partial charge on any atom is 0.416 e. The minimum atomic E-state index is -4.33. The Labute approximate surface area is 222 Å². The molecule has 0 radical (unpaired) electrons. The van der Waals surface area contributed by atoms with Crippen molar-refractivity contribution >= 4 is 12.0 Å². The van der Waals surface area contributed by atoms with Crippen LogP contribution in [0.1, 0.15) is 62.5 Å². The number of hydrogen-bond donors (Lipinski definition) is 1. The number of piperidine rings is 2. The number of halogens is 3. The van der Waals surface area contributed by atoms with Crippen molar-refractivity contribution in [1.82, 2.24) is 14.7 Å². The molecule has 1 aliphatic carbocycles. The quantitative estimate of drug-likeness (QED) is 0.609. The number of nitrogens with two attached hydrogens (primary N) is 1. The first-order chi connectivity index (χ1) is 18.1. The van der Waals surface area contributed by atoms with Gasteiger partial charge < -0.3 is 20.3 Å². The van der Waals surface area contributed by atoms with Gasteiger partial charge in [-0.25, -0.2) is 4.79 Å². The molecule has 3 aliphatic heterocycles. The maximum atomic E-state index is 12.9. The highest BCUT2D eigenvalue weighted by atomic mass is 19.4. The van der Waals surface area contributed by atoms with Crippen LogP contribution in [-0.2, 0) is 22.3 Å². The average Bonchev–Trinajstić information content (AvgIpc) is 3.20. The molecular weight excluding hydrogens is 497 g/mol. The molecule has 5 rings (SSSR count). The van der Waals surface area contributed by atoms with Gasteiger partial charge in [0.2, 0.25) is 5.91 Å². The molecule has 1 aromatic rings. The van der Waals surface area contributed by atoms with Gasteiger partial charge in [0.1, 0.15) is 5.60 Å². The predicted octanol–water partition coefficient (Wildman–Crippen LogP) is 4.25. The summed E-state index contributed by atoms with van der Waals surface area (Å²) in [5.41, 5.74) is 5.71. The maximum absolute atomic E-state index is 12.9. The van der Waals surface area contributed by atoms with E-state index in [1.165, 1.54) is 12.1 Å². The normalized spacial score (nSPS) is 27.1. The average molecular weight is 537 g/mol. The fourth-order valence-electron chi connectivity index (χ4n) is 6.55.